The summed E-state index contributed by atoms with van der Waals surface area (Å²) >= 11 is 0. The number of carbonyl (C=O) groups excluding carboxylic acids is 4. The summed E-state index contributed by atoms with van der Waals surface area (Å²) in [5.74, 6) is -1.95. The molecule has 0 heterocycles. The van der Waals surface area contributed by atoms with Gasteiger partial charge in [0.05, 0.1) is 10.8 Å². The number of aldehydes is 2. The van der Waals surface area contributed by atoms with E-state index >= 15 is 0 Å². The largest absolute Gasteiger partial charge is 0.426 e. The van der Waals surface area contributed by atoms with E-state index in [0.29, 0.717) is 11.5 Å². The second-order valence-electron chi connectivity index (χ2n) is 8.16. The van der Waals surface area contributed by atoms with E-state index in [1.807, 2.05) is 0 Å². The molecule has 4 rings (SSSR count). The maximum Gasteiger partial charge on any atom is 0.325 e. The highest BCUT2D eigenvalue weighted by atomic mass is 16.6. The zero-order valence-electron chi connectivity index (χ0n) is 16.6. The first kappa shape index (κ1) is 20.0. The van der Waals surface area contributed by atoms with Crippen LogP contribution in [-0.2, 0) is 30.0 Å². The van der Waals surface area contributed by atoms with Crippen LogP contribution >= 0.6 is 0 Å². The molecule has 0 radical (unpaired) electrons. The molecule has 0 spiro atoms. The van der Waals surface area contributed by atoms with Gasteiger partial charge in [-0.15, -0.1) is 0 Å². The first-order valence-corrected chi connectivity index (χ1v) is 9.99. The quantitative estimate of drug-likeness (QED) is 0.289. The Morgan fingerprint density at radius 3 is 1.33 bits per heavy atom. The molecule has 0 aromatic heterocycles. The van der Waals surface area contributed by atoms with Crippen molar-refractivity contribution in [1.29, 1.82) is 0 Å². The van der Waals surface area contributed by atoms with Crippen molar-refractivity contribution in [3.05, 3.63) is 59.7 Å². The molecule has 2 aliphatic carbocycles. The van der Waals surface area contributed by atoms with Gasteiger partial charge in [-0.3, -0.25) is 9.59 Å². The van der Waals surface area contributed by atoms with Gasteiger partial charge >= 0.3 is 11.9 Å². The SMILES string of the molecule is CC(C(=O)Oc1ccc(C2(C=O)CC2)cc1)C(=O)Oc1ccc(C2(C=O)CC2)cc1. The van der Waals surface area contributed by atoms with Crippen LogP contribution in [0, 0.1) is 5.92 Å². The molecule has 0 unspecified atom stereocenters. The van der Waals surface area contributed by atoms with Crippen LogP contribution < -0.4 is 9.47 Å². The van der Waals surface area contributed by atoms with Crippen molar-refractivity contribution < 1.29 is 28.7 Å². The van der Waals surface area contributed by atoms with E-state index in [-0.39, 0.29) is 10.8 Å². The Bertz CT molecular complexity index is 900. The lowest BCUT2D eigenvalue weighted by Gasteiger charge is -2.13. The van der Waals surface area contributed by atoms with Crippen LogP contribution in [-0.4, -0.2) is 24.5 Å². The van der Waals surface area contributed by atoms with Crippen LogP contribution in [0.1, 0.15) is 43.7 Å². The molecular formula is C24H22O6. The summed E-state index contributed by atoms with van der Waals surface area (Å²) in [6.45, 7) is 1.42. The van der Waals surface area contributed by atoms with Gasteiger partial charge in [0.25, 0.3) is 0 Å². The van der Waals surface area contributed by atoms with E-state index in [1.165, 1.54) is 6.92 Å². The molecule has 0 bridgehead atoms. The fraction of sp³-hybridized carbons (Fsp3) is 0.333. The number of hydrogen-bond acceptors (Lipinski definition) is 6. The zero-order chi connectivity index (χ0) is 21.4. The summed E-state index contributed by atoms with van der Waals surface area (Å²) in [4.78, 5) is 47.0. The molecule has 2 saturated carbocycles. The Kier molecular flexibility index (Phi) is 5.02. The summed E-state index contributed by atoms with van der Waals surface area (Å²) in [6, 6.07) is 13.5. The average Bonchev–Trinajstić information content (AvgIpc) is 3.69. The molecule has 2 aliphatic rings. The van der Waals surface area contributed by atoms with Crippen LogP contribution in [0.25, 0.3) is 0 Å². The van der Waals surface area contributed by atoms with Crippen LogP contribution in [0.15, 0.2) is 48.5 Å². The third-order valence-electron chi connectivity index (χ3n) is 6.03. The minimum atomic E-state index is -1.11. The van der Waals surface area contributed by atoms with Gasteiger partial charge < -0.3 is 19.1 Å². The number of rotatable bonds is 8. The van der Waals surface area contributed by atoms with Gasteiger partial charge in [0.2, 0.25) is 0 Å². The standard InChI is InChI=1S/C24H22O6/c1-16(21(27)29-19-6-2-17(3-7-19)23(14-25)10-11-23)22(28)30-20-8-4-18(5-9-20)24(15-26)12-13-24/h2-9,14-16H,10-13H2,1H3. The fourth-order valence-electron chi connectivity index (χ4n) is 3.43. The Labute approximate surface area is 174 Å². The van der Waals surface area contributed by atoms with E-state index in [4.69, 9.17) is 9.47 Å². The molecule has 2 fully saturated rings. The van der Waals surface area contributed by atoms with Crippen molar-refractivity contribution in [3.63, 3.8) is 0 Å². The Hall–Kier alpha value is -3.28. The van der Waals surface area contributed by atoms with Crippen molar-refractivity contribution in [3.8, 4) is 11.5 Å². The second kappa shape index (κ2) is 7.52. The van der Waals surface area contributed by atoms with Gasteiger partial charge in [-0.2, -0.15) is 0 Å². The molecule has 30 heavy (non-hydrogen) atoms. The number of hydrogen-bond donors (Lipinski definition) is 0. The van der Waals surface area contributed by atoms with E-state index in [1.54, 1.807) is 48.5 Å². The molecule has 0 atom stereocenters. The van der Waals surface area contributed by atoms with E-state index < -0.39 is 17.9 Å². The van der Waals surface area contributed by atoms with Crippen molar-refractivity contribution in [2.24, 2.45) is 5.92 Å². The molecule has 0 aliphatic heterocycles. The summed E-state index contributed by atoms with van der Waals surface area (Å²) in [5.41, 5.74) is 1.02. The highest BCUT2D eigenvalue weighted by Gasteiger charge is 2.44. The summed E-state index contributed by atoms with van der Waals surface area (Å²) in [6.07, 6.45) is 5.24. The molecule has 6 heteroatoms. The maximum atomic E-state index is 12.3. The third-order valence-corrected chi connectivity index (χ3v) is 6.03. The molecule has 0 N–H and O–H groups in total. The van der Waals surface area contributed by atoms with Crippen molar-refractivity contribution in [2.45, 2.75) is 43.4 Å². The lowest BCUT2D eigenvalue weighted by molar-refractivity contribution is -0.150. The van der Waals surface area contributed by atoms with Crippen LogP contribution in [0.2, 0.25) is 0 Å². The number of carbonyl (C=O) groups is 4. The van der Waals surface area contributed by atoms with Crippen LogP contribution in [0.4, 0.5) is 0 Å². The minimum Gasteiger partial charge on any atom is -0.426 e. The highest BCUT2D eigenvalue weighted by Crippen LogP contribution is 2.47. The first-order chi connectivity index (χ1) is 14.4. The van der Waals surface area contributed by atoms with E-state index in [2.05, 4.69) is 0 Å². The molecule has 2 aromatic rings. The zero-order valence-corrected chi connectivity index (χ0v) is 16.6. The summed E-state index contributed by atoms with van der Waals surface area (Å²) in [7, 11) is 0. The fourth-order valence-corrected chi connectivity index (χ4v) is 3.43. The van der Waals surface area contributed by atoms with E-state index in [9.17, 15) is 19.2 Å². The molecule has 6 nitrogen and oxygen atoms in total. The number of esters is 2. The van der Waals surface area contributed by atoms with Gasteiger partial charge in [-0.1, -0.05) is 24.3 Å². The Morgan fingerprint density at radius 2 is 1.07 bits per heavy atom. The molecule has 2 aromatic carbocycles. The number of ether oxygens (including phenoxy) is 2. The Balaban J connectivity index is 1.34. The van der Waals surface area contributed by atoms with Crippen molar-refractivity contribution in [2.75, 3.05) is 0 Å². The number of benzene rings is 2. The van der Waals surface area contributed by atoms with E-state index in [0.717, 1.165) is 49.4 Å². The normalized spacial score (nSPS) is 17.7. The van der Waals surface area contributed by atoms with Gasteiger partial charge in [-0.25, -0.2) is 0 Å². The first-order valence-electron chi connectivity index (χ1n) is 9.99. The third kappa shape index (κ3) is 3.77. The van der Waals surface area contributed by atoms with Crippen LogP contribution in [0.5, 0.6) is 11.5 Å². The summed E-state index contributed by atoms with van der Waals surface area (Å²) < 4.78 is 10.6. The van der Waals surface area contributed by atoms with Crippen molar-refractivity contribution >= 4 is 24.5 Å². The van der Waals surface area contributed by atoms with Gasteiger partial charge in [0.1, 0.15) is 24.1 Å². The van der Waals surface area contributed by atoms with Gasteiger partial charge in [0.15, 0.2) is 5.92 Å². The maximum absolute atomic E-state index is 12.3. The minimum absolute atomic E-state index is 0.304. The van der Waals surface area contributed by atoms with Gasteiger partial charge in [0, 0.05) is 0 Å². The van der Waals surface area contributed by atoms with Crippen LogP contribution in [0.3, 0.4) is 0 Å². The molecule has 0 amide bonds. The lowest BCUT2D eigenvalue weighted by atomic mass is 9.98. The molecule has 0 saturated heterocycles. The smallest absolute Gasteiger partial charge is 0.325 e. The van der Waals surface area contributed by atoms with Gasteiger partial charge in [-0.05, 0) is 68.0 Å². The lowest BCUT2D eigenvalue weighted by Crippen LogP contribution is -2.29. The Morgan fingerprint density at radius 1 is 0.733 bits per heavy atom. The monoisotopic (exact) mass is 406 g/mol. The highest BCUT2D eigenvalue weighted by molar-refractivity contribution is 5.96. The predicted molar refractivity (Wildman–Crippen MR) is 107 cm³/mol. The topological polar surface area (TPSA) is 86.7 Å². The average molecular weight is 406 g/mol. The summed E-state index contributed by atoms with van der Waals surface area (Å²) in [5, 5.41) is 0. The second-order valence-corrected chi connectivity index (χ2v) is 8.16. The molecular weight excluding hydrogens is 384 g/mol. The molecule has 154 valence electrons. The van der Waals surface area contributed by atoms with Crippen molar-refractivity contribution in [1.82, 2.24) is 0 Å². The predicted octanol–water partition coefficient (Wildman–Crippen LogP) is 3.29.